The normalized spacial score (nSPS) is 23.7. The molecule has 1 fully saturated rings. The van der Waals surface area contributed by atoms with Gasteiger partial charge in [-0.05, 0) is 37.5 Å². The van der Waals surface area contributed by atoms with Crippen molar-refractivity contribution in [1.82, 2.24) is 0 Å². The van der Waals surface area contributed by atoms with E-state index in [1.165, 1.54) is 12.1 Å². The van der Waals surface area contributed by atoms with Crippen molar-refractivity contribution in [1.29, 1.82) is 0 Å². The molecule has 4 nitrogen and oxygen atoms in total. The molecule has 1 amide bonds. The number of phenols is 1. The molecule has 0 saturated heterocycles. The molecule has 1 aliphatic carbocycles. The summed E-state index contributed by atoms with van der Waals surface area (Å²) in [6.07, 6.45) is 3.60. The van der Waals surface area contributed by atoms with Gasteiger partial charge in [-0.2, -0.15) is 0 Å². The Balaban J connectivity index is 2.00. The summed E-state index contributed by atoms with van der Waals surface area (Å²) in [6, 6.07) is 4.75. The van der Waals surface area contributed by atoms with Gasteiger partial charge in [0.1, 0.15) is 5.75 Å². The number of nitrogens with one attached hydrogen (secondary N) is 1. The molecule has 2 atom stereocenters. The molecule has 1 saturated carbocycles. The molecule has 0 radical (unpaired) electrons. The Hall–Kier alpha value is -1.26. The number of halogens is 1. The maximum absolute atomic E-state index is 12.0. The zero-order chi connectivity index (χ0) is 13.1. The Labute approximate surface area is 111 Å². The van der Waals surface area contributed by atoms with Gasteiger partial charge in [0.2, 0.25) is 5.91 Å². The van der Waals surface area contributed by atoms with E-state index in [2.05, 4.69) is 5.32 Å². The van der Waals surface area contributed by atoms with Crippen molar-refractivity contribution in [3.8, 4) is 5.75 Å². The Morgan fingerprint density at radius 2 is 2.22 bits per heavy atom. The van der Waals surface area contributed by atoms with Crippen LogP contribution in [0.15, 0.2) is 18.2 Å². The number of carbonyl (C=O) groups excluding carboxylic acids is 1. The lowest BCUT2D eigenvalue weighted by Crippen LogP contribution is -2.34. The van der Waals surface area contributed by atoms with E-state index in [1.54, 1.807) is 6.07 Å². The summed E-state index contributed by atoms with van der Waals surface area (Å²) in [7, 11) is 0. The van der Waals surface area contributed by atoms with Gasteiger partial charge < -0.3 is 16.2 Å². The number of hydrogen-bond donors (Lipinski definition) is 3. The van der Waals surface area contributed by atoms with Crippen molar-refractivity contribution in [3.63, 3.8) is 0 Å². The smallest absolute Gasteiger partial charge is 0.227 e. The maximum atomic E-state index is 12.0. The quantitative estimate of drug-likeness (QED) is 0.722. The molecule has 1 aliphatic rings. The predicted molar refractivity (Wildman–Crippen MR) is 71.7 cm³/mol. The summed E-state index contributed by atoms with van der Waals surface area (Å²) in [5.41, 5.74) is 6.47. The lowest BCUT2D eigenvalue weighted by molar-refractivity contribution is -0.120. The number of anilines is 1. The van der Waals surface area contributed by atoms with Crippen LogP contribution >= 0.6 is 11.6 Å². The molecule has 0 aliphatic heterocycles. The second-order valence-electron chi connectivity index (χ2n) is 4.78. The third kappa shape index (κ3) is 3.15. The van der Waals surface area contributed by atoms with Crippen molar-refractivity contribution in [2.75, 3.05) is 5.32 Å². The summed E-state index contributed by atoms with van der Waals surface area (Å²) >= 11 is 5.78. The average molecular weight is 269 g/mol. The third-order valence-electron chi connectivity index (χ3n) is 3.30. The van der Waals surface area contributed by atoms with Crippen LogP contribution in [0.1, 0.15) is 25.7 Å². The van der Waals surface area contributed by atoms with E-state index in [1.807, 2.05) is 0 Å². The van der Waals surface area contributed by atoms with E-state index in [9.17, 15) is 9.90 Å². The van der Waals surface area contributed by atoms with Crippen molar-refractivity contribution >= 4 is 23.2 Å². The standard InChI is InChI=1S/C13H17ClN2O2/c14-11-7-10(4-5-12(11)17)16-13(18)8-2-1-3-9(15)6-8/h4-5,7-9,17H,1-3,6,15H2,(H,16,18). The van der Waals surface area contributed by atoms with Gasteiger partial charge in [-0.1, -0.05) is 18.0 Å². The van der Waals surface area contributed by atoms with Gasteiger partial charge in [0.05, 0.1) is 5.02 Å². The molecule has 5 heteroatoms. The zero-order valence-corrected chi connectivity index (χ0v) is 10.8. The molecule has 98 valence electrons. The highest BCUT2D eigenvalue weighted by Crippen LogP contribution is 2.28. The number of aromatic hydroxyl groups is 1. The number of rotatable bonds is 2. The van der Waals surface area contributed by atoms with E-state index < -0.39 is 0 Å². The number of phenolic OH excluding ortho intramolecular Hbond substituents is 1. The van der Waals surface area contributed by atoms with Gasteiger partial charge in [-0.15, -0.1) is 0 Å². The first kappa shape index (κ1) is 13.2. The maximum Gasteiger partial charge on any atom is 0.227 e. The molecular weight excluding hydrogens is 252 g/mol. The van der Waals surface area contributed by atoms with Crippen LogP contribution < -0.4 is 11.1 Å². The first-order chi connectivity index (χ1) is 8.56. The molecule has 1 aromatic rings. The Kier molecular flexibility index (Phi) is 4.09. The highest BCUT2D eigenvalue weighted by Gasteiger charge is 2.25. The predicted octanol–water partition coefficient (Wildman–Crippen LogP) is 2.50. The van der Waals surface area contributed by atoms with E-state index in [0.29, 0.717) is 5.69 Å². The molecule has 2 rings (SSSR count). The summed E-state index contributed by atoms with van der Waals surface area (Å²) in [5.74, 6) is -0.0393. The van der Waals surface area contributed by atoms with Gasteiger partial charge >= 0.3 is 0 Å². The summed E-state index contributed by atoms with van der Waals surface area (Å²) in [5, 5.41) is 12.3. The van der Waals surface area contributed by atoms with E-state index in [0.717, 1.165) is 25.7 Å². The van der Waals surface area contributed by atoms with Crippen LogP contribution in [0.4, 0.5) is 5.69 Å². The highest BCUT2D eigenvalue weighted by molar-refractivity contribution is 6.32. The molecular formula is C13H17ClN2O2. The minimum absolute atomic E-state index is 0.00866. The number of nitrogens with two attached hydrogens (primary N) is 1. The van der Waals surface area contributed by atoms with Gasteiger partial charge in [0.15, 0.2) is 0 Å². The minimum atomic E-state index is -0.0265. The van der Waals surface area contributed by atoms with Crippen LogP contribution in [0.5, 0.6) is 5.75 Å². The summed E-state index contributed by atoms with van der Waals surface area (Å²) in [4.78, 5) is 12.0. The first-order valence-electron chi connectivity index (χ1n) is 6.11. The number of carbonyl (C=O) groups is 1. The lowest BCUT2D eigenvalue weighted by Gasteiger charge is -2.25. The van der Waals surface area contributed by atoms with E-state index in [-0.39, 0.29) is 28.6 Å². The average Bonchev–Trinajstić information content (AvgIpc) is 2.34. The summed E-state index contributed by atoms with van der Waals surface area (Å²) in [6.45, 7) is 0. The molecule has 2 unspecified atom stereocenters. The molecule has 0 spiro atoms. The Morgan fingerprint density at radius 3 is 2.89 bits per heavy atom. The van der Waals surface area contributed by atoms with Gasteiger partial charge in [-0.25, -0.2) is 0 Å². The van der Waals surface area contributed by atoms with Crippen LogP contribution in [-0.4, -0.2) is 17.1 Å². The van der Waals surface area contributed by atoms with Crippen LogP contribution in [0.3, 0.4) is 0 Å². The fourth-order valence-corrected chi connectivity index (χ4v) is 2.48. The molecule has 1 aromatic carbocycles. The monoisotopic (exact) mass is 268 g/mol. The molecule has 18 heavy (non-hydrogen) atoms. The number of benzene rings is 1. The second kappa shape index (κ2) is 5.59. The fourth-order valence-electron chi connectivity index (χ4n) is 2.29. The van der Waals surface area contributed by atoms with Crippen LogP contribution in [0.2, 0.25) is 5.02 Å². The summed E-state index contributed by atoms with van der Waals surface area (Å²) < 4.78 is 0. The topological polar surface area (TPSA) is 75.4 Å². The van der Waals surface area contributed by atoms with Crippen LogP contribution in [0, 0.1) is 5.92 Å². The van der Waals surface area contributed by atoms with Gasteiger partial charge in [0, 0.05) is 17.6 Å². The molecule has 0 bridgehead atoms. The van der Waals surface area contributed by atoms with Crippen LogP contribution in [0.25, 0.3) is 0 Å². The molecule has 0 aromatic heterocycles. The lowest BCUT2D eigenvalue weighted by atomic mass is 9.85. The molecule has 4 N–H and O–H groups in total. The highest BCUT2D eigenvalue weighted by atomic mass is 35.5. The van der Waals surface area contributed by atoms with Crippen molar-refractivity contribution in [2.24, 2.45) is 11.7 Å². The van der Waals surface area contributed by atoms with Crippen molar-refractivity contribution < 1.29 is 9.90 Å². The fraction of sp³-hybridized carbons (Fsp3) is 0.462. The van der Waals surface area contributed by atoms with E-state index >= 15 is 0 Å². The van der Waals surface area contributed by atoms with Crippen molar-refractivity contribution in [3.05, 3.63) is 23.2 Å². The number of amides is 1. The Morgan fingerprint density at radius 1 is 1.44 bits per heavy atom. The largest absolute Gasteiger partial charge is 0.506 e. The zero-order valence-electron chi connectivity index (χ0n) is 10.0. The van der Waals surface area contributed by atoms with E-state index in [4.69, 9.17) is 17.3 Å². The third-order valence-corrected chi connectivity index (χ3v) is 3.60. The van der Waals surface area contributed by atoms with Crippen molar-refractivity contribution in [2.45, 2.75) is 31.7 Å². The van der Waals surface area contributed by atoms with Gasteiger partial charge in [-0.3, -0.25) is 4.79 Å². The minimum Gasteiger partial charge on any atom is -0.506 e. The Bertz CT molecular complexity index is 451. The molecule has 0 heterocycles. The van der Waals surface area contributed by atoms with Crippen LogP contribution in [-0.2, 0) is 4.79 Å². The first-order valence-corrected chi connectivity index (χ1v) is 6.49. The SMILES string of the molecule is NC1CCCC(C(=O)Nc2ccc(O)c(Cl)c2)C1. The number of hydrogen-bond acceptors (Lipinski definition) is 3. The van der Waals surface area contributed by atoms with Gasteiger partial charge in [0.25, 0.3) is 0 Å². The second-order valence-corrected chi connectivity index (χ2v) is 5.19.